The van der Waals surface area contributed by atoms with Gasteiger partial charge >= 0.3 is 5.97 Å². The normalized spacial score (nSPS) is 32.3. The number of rotatable bonds is 4. The molecule has 1 aliphatic rings. The van der Waals surface area contributed by atoms with Gasteiger partial charge in [0.2, 0.25) is 6.29 Å². The van der Waals surface area contributed by atoms with Crippen molar-refractivity contribution in [1.82, 2.24) is 0 Å². The molecule has 0 spiro atoms. The van der Waals surface area contributed by atoms with Crippen molar-refractivity contribution in [2.45, 2.75) is 30.7 Å². The third kappa shape index (κ3) is 4.27. The van der Waals surface area contributed by atoms with Crippen LogP contribution in [-0.4, -0.2) is 68.8 Å². The van der Waals surface area contributed by atoms with Gasteiger partial charge in [-0.3, -0.25) is 0 Å². The molecule has 8 nitrogen and oxygen atoms in total. The molecule has 0 radical (unpaired) electrons. The molecule has 1 heterocycles. The van der Waals surface area contributed by atoms with E-state index in [1.54, 1.807) is 0 Å². The number of aromatic hydroxyl groups is 1. The van der Waals surface area contributed by atoms with E-state index in [-0.39, 0.29) is 11.8 Å². The summed E-state index contributed by atoms with van der Waals surface area (Å²) in [6, 6.07) is 5.34. The monoisotopic (exact) mass is 327 g/mol. The zero-order valence-electron chi connectivity index (χ0n) is 12.9. The van der Waals surface area contributed by atoms with E-state index in [2.05, 4.69) is 0 Å². The molecule has 2 rings (SSSR count). The van der Waals surface area contributed by atoms with E-state index in [9.17, 15) is 25.2 Å². The Morgan fingerprint density at radius 3 is 2.48 bits per heavy atom. The number of phenolic OH excluding ortho intramolecular Hbond substituents is 1. The first-order valence-electron chi connectivity index (χ1n) is 7.32. The fraction of sp³-hybridized carbons (Fsp3) is 0.400. The van der Waals surface area contributed by atoms with Crippen molar-refractivity contribution >= 4 is 12.0 Å². The fourth-order valence-electron chi connectivity index (χ4n) is 2.01. The number of ether oxygens (including phenoxy) is 2. The Balaban J connectivity index is 2.05. The highest BCUT2D eigenvalue weighted by molar-refractivity contribution is 5.87. The summed E-state index contributed by atoms with van der Waals surface area (Å²) in [6.45, 7) is -0.647. The molecule has 0 aromatic heterocycles. The molecule has 1 saturated heterocycles. The van der Waals surface area contributed by atoms with Gasteiger partial charge in [0.15, 0.2) is 0 Å². The summed E-state index contributed by atoms with van der Waals surface area (Å²) in [4.78, 5) is 11.8. The van der Waals surface area contributed by atoms with Crippen molar-refractivity contribution in [3.05, 3.63) is 35.9 Å². The van der Waals surface area contributed by atoms with Crippen molar-refractivity contribution in [2.24, 2.45) is 0 Å². The molecule has 8 heteroatoms. The number of carbonyl (C=O) groups is 1. The van der Waals surface area contributed by atoms with E-state index in [1.807, 2.05) is 0 Å². The summed E-state index contributed by atoms with van der Waals surface area (Å²) in [5.74, 6) is -1.01. The fourth-order valence-corrected chi connectivity index (χ4v) is 2.01. The maximum atomic E-state index is 11.8. The summed E-state index contributed by atoms with van der Waals surface area (Å²) in [5.41, 5.74) is 0.346. The van der Waals surface area contributed by atoms with Gasteiger partial charge in [0.1, 0.15) is 30.2 Å². The third-order valence-corrected chi connectivity index (χ3v) is 3.30. The second kappa shape index (κ2) is 7.53. The molecule has 0 bridgehead atoms. The van der Waals surface area contributed by atoms with E-state index in [0.717, 1.165) is 6.08 Å². The van der Waals surface area contributed by atoms with E-state index in [1.165, 1.54) is 24.3 Å². The maximum absolute atomic E-state index is 11.8. The Labute approximate surface area is 133 Å². The van der Waals surface area contributed by atoms with Gasteiger partial charge in [-0.15, -0.1) is 0 Å². The minimum atomic E-state index is -1.71. The number of hydrogen-bond acceptors (Lipinski definition) is 8. The second-order valence-corrected chi connectivity index (χ2v) is 4.97. The Morgan fingerprint density at radius 2 is 1.87 bits per heavy atom. The van der Waals surface area contributed by atoms with Crippen LogP contribution in [0.5, 0.6) is 5.75 Å². The Bertz CT molecular complexity index is 600. The summed E-state index contributed by atoms with van der Waals surface area (Å²) >= 11 is 0. The molecule has 126 valence electrons. The number of benzene rings is 1. The van der Waals surface area contributed by atoms with Crippen molar-refractivity contribution < 1.29 is 41.2 Å². The Morgan fingerprint density at radius 1 is 1.22 bits per heavy atom. The van der Waals surface area contributed by atoms with E-state index in [4.69, 9.17) is 16.0 Å². The molecule has 1 aromatic rings. The topological polar surface area (TPSA) is 137 Å². The van der Waals surface area contributed by atoms with Crippen LogP contribution in [-0.2, 0) is 14.3 Å². The molecule has 5 atom stereocenters. The molecular formula is C15H18O8. The average Bonchev–Trinajstić information content (AvgIpc) is 2.55. The zero-order chi connectivity index (χ0) is 17.9. The Hall–Kier alpha value is -1.97. The van der Waals surface area contributed by atoms with Crippen LogP contribution in [0.3, 0.4) is 0 Å². The number of aliphatic hydroxyl groups excluding tert-OH is 4. The number of phenols is 1. The predicted molar refractivity (Wildman–Crippen MR) is 77.0 cm³/mol. The molecule has 1 aliphatic heterocycles. The van der Waals surface area contributed by atoms with Crippen LogP contribution >= 0.6 is 0 Å². The highest BCUT2D eigenvalue weighted by Crippen LogP contribution is 2.22. The van der Waals surface area contributed by atoms with Crippen molar-refractivity contribution in [1.29, 1.82) is 0 Å². The minimum Gasteiger partial charge on any atom is -0.508 e. The van der Waals surface area contributed by atoms with Crippen LogP contribution in [0.15, 0.2) is 30.3 Å². The highest BCUT2D eigenvalue weighted by atomic mass is 16.7. The highest BCUT2D eigenvalue weighted by Gasteiger charge is 2.45. The molecule has 1 fully saturated rings. The SMILES string of the molecule is [2H]/C(=C\C(=O)OC1O[C@H](CO)[C@@H](O)[C@H](O)[C@H]1O)c1ccc(O)cc1. The first-order valence-corrected chi connectivity index (χ1v) is 6.82. The lowest BCUT2D eigenvalue weighted by Crippen LogP contribution is -2.59. The van der Waals surface area contributed by atoms with Crippen LogP contribution in [0, 0.1) is 0 Å². The molecular weight excluding hydrogens is 308 g/mol. The van der Waals surface area contributed by atoms with Gasteiger partial charge in [-0.25, -0.2) is 4.79 Å². The molecule has 1 aromatic carbocycles. The largest absolute Gasteiger partial charge is 0.508 e. The number of aliphatic hydroxyl groups is 4. The molecule has 5 N–H and O–H groups in total. The maximum Gasteiger partial charge on any atom is 0.333 e. The van der Waals surface area contributed by atoms with Crippen LogP contribution in [0.2, 0.25) is 0 Å². The molecule has 1 unspecified atom stereocenters. The standard InChI is InChI=1S/C15H18O8/c16-7-10-12(19)13(20)14(21)15(22-10)23-11(18)6-3-8-1-4-9(17)5-2-8/h1-6,10,12-17,19-21H,7H2/b6-3+/t10-,12-,13+,14-,15?/m1/s1/i3D. The molecule has 0 saturated carbocycles. The smallest absolute Gasteiger partial charge is 0.333 e. The summed E-state index contributed by atoms with van der Waals surface area (Å²) in [5, 5.41) is 47.2. The van der Waals surface area contributed by atoms with Gasteiger partial charge in [-0.1, -0.05) is 12.1 Å². The van der Waals surface area contributed by atoms with Crippen LogP contribution < -0.4 is 0 Å². The van der Waals surface area contributed by atoms with Gasteiger partial charge in [0, 0.05) is 6.08 Å². The first kappa shape index (κ1) is 15.9. The molecule has 23 heavy (non-hydrogen) atoms. The first-order chi connectivity index (χ1) is 11.3. The van der Waals surface area contributed by atoms with Crippen LogP contribution in [0.25, 0.3) is 6.05 Å². The summed E-state index contributed by atoms with van der Waals surface area (Å²) in [6.07, 6.45) is -6.89. The van der Waals surface area contributed by atoms with Crippen molar-refractivity contribution in [2.75, 3.05) is 6.61 Å². The third-order valence-electron chi connectivity index (χ3n) is 3.30. The molecule has 0 aliphatic carbocycles. The minimum absolute atomic E-state index is 0.00967. The average molecular weight is 327 g/mol. The second-order valence-electron chi connectivity index (χ2n) is 4.97. The van der Waals surface area contributed by atoms with Gasteiger partial charge in [-0.05, 0) is 23.7 Å². The van der Waals surface area contributed by atoms with E-state index >= 15 is 0 Å². The predicted octanol–water partition coefficient (Wildman–Crippen LogP) is -1.25. The lowest BCUT2D eigenvalue weighted by atomic mass is 9.99. The zero-order valence-corrected chi connectivity index (χ0v) is 11.9. The number of esters is 1. The lowest BCUT2D eigenvalue weighted by molar-refractivity contribution is -0.291. The van der Waals surface area contributed by atoms with Gasteiger partial charge < -0.3 is 35.0 Å². The van der Waals surface area contributed by atoms with Crippen LogP contribution in [0.1, 0.15) is 6.93 Å². The van der Waals surface area contributed by atoms with Crippen molar-refractivity contribution in [3.63, 3.8) is 0 Å². The van der Waals surface area contributed by atoms with E-state index < -0.39 is 43.3 Å². The van der Waals surface area contributed by atoms with Crippen LogP contribution in [0.4, 0.5) is 0 Å². The lowest BCUT2D eigenvalue weighted by Gasteiger charge is -2.38. The van der Waals surface area contributed by atoms with Gasteiger partial charge in [0.05, 0.1) is 7.98 Å². The number of carbonyl (C=O) groups excluding carboxylic acids is 1. The van der Waals surface area contributed by atoms with Crippen molar-refractivity contribution in [3.8, 4) is 5.75 Å². The Kier molecular flexibility index (Phi) is 5.21. The summed E-state index contributed by atoms with van der Waals surface area (Å²) in [7, 11) is 0. The van der Waals surface area contributed by atoms with Gasteiger partial charge in [-0.2, -0.15) is 0 Å². The van der Waals surface area contributed by atoms with Gasteiger partial charge in [0.25, 0.3) is 0 Å². The quantitative estimate of drug-likeness (QED) is 0.342. The summed E-state index contributed by atoms with van der Waals surface area (Å²) < 4.78 is 17.6. The van der Waals surface area contributed by atoms with E-state index in [0.29, 0.717) is 5.56 Å². The molecule has 0 amide bonds. The number of hydrogen-bond donors (Lipinski definition) is 5.